The first kappa shape index (κ1) is 19.4. The number of carbonyl (C=O) groups is 2. The van der Waals surface area contributed by atoms with E-state index in [4.69, 9.17) is 4.42 Å². The number of thiazole rings is 1. The van der Waals surface area contributed by atoms with Gasteiger partial charge in [0.2, 0.25) is 0 Å². The summed E-state index contributed by atoms with van der Waals surface area (Å²) < 4.78 is 4.94. The Morgan fingerprint density at radius 3 is 2.55 bits per heavy atom. The first-order valence-corrected chi connectivity index (χ1v) is 10.3. The van der Waals surface area contributed by atoms with Gasteiger partial charge in [-0.1, -0.05) is 44.2 Å². The molecule has 0 unspecified atom stereocenters. The molecule has 0 atom stereocenters. The zero-order chi connectivity index (χ0) is 20.6. The van der Waals surface area contributed by atoms with Crippen molar-refractivity contribution in [3.8, 4) is 0 Å². The number of nitrogens with zero attached hydrogens (tertiary/aromatic N) is 2. The number of nitrogens with one attached hydrogen (secondary N) is 1. The van der Waals surface area contributed by atoms with Gasteiger partial charge in [-0.2, -0.15) is 0 Å². The van der Waals surface area contributed by atoms with Crippen molar-refractivity contribution in [2.45, 2.75) is 39.2 Å². The Morgan fingerprint density at radius 2 is 1.90 bits per heavy atom. The highest BCUT2D eigenvalue weighted by Gasteiger charge is 2.26. The lowest BCUT2D eigenvalue weighted by atomic mass is 9.86. The van der Waals surface area contributed by atoms with Gasteiger partial charge in [0, 0.05) is 23.4 Å². The molecule has 1 N–H and O–H groups in total. The van der Waals surface area contributed by atoms with Gasteiger partial charge in [-0.3, -0.25) is 14.9 Å². The molecule has 0 saturated heterocycles. The summed E-state index contributed by atoms with van der Waals surface area (Å²) in [4.78, 5) is 32.5. The fourth-order valence-electron chi connectivity index (χ4n) is 3.28. The monoisotopic (exact) mass is 409 g/mol. The third-order valence-corrected chi connectivity index (χ3v) is 6.02. The molecular formula is C22H23N3O3S. The van der Waals surface area contributed by atoms with Gasteiger partial charge in [0.05, 0.1) is 24.1 Å². The van der Waals surface area contributed by atoms with Gasteiger partial charge in [-0.05, 0) is 29.2 Å². The average molecular weight is 410 g/mol. The molecule has 0 fully saturated rings. The molecular weight excluding hydrogens is 386 g/mol. The van der Waals surface area contributed by atoms with Crippen LogP contribution < -0.4 is 5.32 Å². The van der Waals surface area contributed by atoms with E-state index in [-0.39, 0.29) is 17.2 Å². The molecule has 2 amide bonds. The van der Waals surface area contributed by atoms with Crippen LogP contribution >= 0.6 is 11.3 Å². The van der Waals surface area contributed by atoms with Crippen molar-refractivity contribution in [2.75, 3.05) is 11.9 Å². The highest BCUT2D eigenvalue weighted by Crippen LogP contribution is 2.30. The summed E-state index contributed by atoms with van der Waals surface area (Å²) in [6.45, 7) is 7.59. The van der Waals surface area contributed by atoms with E-state index >= 15 is 0 Å². The van der Waals surface area contributed by atoms with Crippen LogP contribution in [0.3, 0.4) is 0 Å². The van der Waals surface area contributed by atoms with E-state index in [1.54, 1.807) is 6.07 Å². The SMILES string of the molecule is CC(C)(C)c1ccc(C(=O)N2CCc3nc(NC(=O)c4ccoc4)sc3C2)cc1. The largest absolute Gasteiger partial charge is 0.472 e. The van der Waals surface area contributed by atoms with Crippen LogP contribution in [0.1, 0.15) is 57.6 Å². The van der Waals surface area contributed by atoms with Crippen LogP contribution in [0.2, 0.25) is 0 Å². The molecule has 3 heterocycles. The number of hydrogen-bond donors (Lipinski definition) is 1. The van der Waals surface area contributed by atoms with E-state index in [1.165, 1.54) is 29.4 Å². The fraction of sp³-hybridized carbons (Fsp3) is 0.318. The number of carbonyl (C=O) groups excluding carboxylic acids is 2. The van der Waals surface area contributed by atoms with E-state index < -0.39 is 0 Å². The Hall–Kier alpha value is -2.93. The molecule has 0 aliphatic carbocycles. The summed E-state index contributed by atoms with van der Waals surface area (Å²) in [7, 11) is 0. The Kier molecular flexibility index (Phi) is 5.00. The fourth-order valence-corrected chi connectivity index (χ4v) is 4.30. The van der Waals surface area contributed by atoms with E-state index in [1.807, 2.05) is 29.2 Å². The first-order valence-electron chi connectivity index (χ1n) is 9.53. The summed E-state index contributed by atoms with van der Waals surface area (Å²) in [5.74, 6) is -0.231. The summed E-state index contributed by atoms with van der Waals surface area (Å²) in [6, 6.07) is 9.47. The molecule has 29 heavy (non-hydrogen) atoms. The van der Waals surface area contributed by atoms with E-state index in [2.05, 4.69) is 31.1 Å². The normalized spacial score (nSPS) is 13.8. The number of anilines is 1. The summed E-state index contributed by atoms with van der Waals surface area (Å²) in [5.41, 5.74) is 3.36. The third kappa shape index (κ3) is 4.10. The standard InChI is InChI=1S/C22H23N3O3S/c1-22(2,3)16-6-4-14(5-7-16)20(27)25-10-8-17-18(12-25)29-21(23-17)24-19(26)15-9-11-28-13-15/h4-7,9,11,13H,8,10,12H2,1-3H3,(H,23,24,26). The van der Waals surface area contributed by atoms with Crippen molar-refractivity contribution in [1.29, 1.82) is 0 Å². The molecule has 2 aromatic heterocycles. The van der Waals surface area contributed by atoms with Crippen LogP contribution in [0.15, 0.2) is 47.3 Å². The molecule has 0 spiro atoms. The molecule has 1 aromatic carbocycles. The molecule has 7 heteroatoms. The van der Waals surface area contributed by atoms with E-state index in [9.17, 15) is 9.59 Å². The number of fused-ring (bicyclic) bond motifs is 1. The maximum Gasteiger partial charge on any atom is 0.260 e. The van der Waals surface area contributed by atoms with Crippen molar-refractivity contribution in [1.82, 2.24) is 9.88 Å². The first-order chi connectivity index (χ1) is 13.8. The van der Waals surface area contributed by atoms with Gasteiger partial charge >= 0.3 is 0 Å². The maximum absolute atomic E-state index is 12.9. The second-order valence-corrected chi connectivity index (χ2v) is 9.24. The molecule has 6 nitrogen and oxygen atoms in total. The van der Waals surface area contributed by atoms with Gasteiger partial charge in [0.15, 0.2) is 5.13 Å². The quantitative estimate of drug-likeness (QED) is 0.692. The minimum Gasteiger partial charge on any atom is -0.472 e. The van der Waals surface area contributed by atoms with Crippen LogP contribution in [0, 0.1) is 0 Å². The zero-order valence-corrected chi connectivity index (χ0v) is 17.5. The number of rotatable bonds is 3. The molecule has 0 saturated carbocycles. The lowest BCUT2D eigenvalue weighted by Crippen LogP contribution is -2.35. The van der Waals surface area contributed by atoms with Crippen LogP contribution in [0.25, 0.3) is 0 Å². The number of benzene rings is 1. The van der Waals surface area contributed by atoms with Crippen molar-refractivity contribution in [3.05, 3.63) is 70.1 Å². The minimum atomic E-state index is -0.253. The Balaban J connectivity index is 1.45. The highest BCUT2D eigenvalue weighted by molar-refractivity contribution is 7.15. The smallest absolute Gasteiger partial charge is 0.260 e. The van der Waals surface area contributed by atoms with Crippen molar-refractivity contribution in [3.63, 3.8) is 0 Å². The Morgan fingerprint density at radius 1 is 1.14 bits per heavy atom. The van der Waals surface area contributed by atoms with Crippen molar-refractivity contribution >= 4 is 28.3 Å². The molecule has 4 rings (SSSR count). The van der Waals surface area contributed by atoms with E-state index in [0.717, 1.165) is 10.6 Å². The van der Waals surface area contributed by atoms with E-state index in [0.29, 0.717) is 35.8 Å². The molecule has 1 aliphatic rings. The topological polar surface area (TPSA) is 75.4 Å². The summed E-state index contributed by atoms with van der Waals surface area (Å²) in [5, 5.41) is 3.35. The average Bonchev–Trinajstić information content (AvgIpc) is 3.35. The van der Waals surface area contributed by atoms with Crippen LogP contribution in [0.4, 0.5) is 5.13 Å². The molecule has 0 radical (unpaired) electrons. The third-order valence-electron chi connectivity index (χ3n) is 5.02. The lowest BCUT2D eigenvalue weighted by Gasteiger charge is -2.26. The maximum atomic E-state index is 12.9. The van der Waals surface area contributed by atoms with Gasteiger partial charge in [-0.15, -0.1) is 0 Å². The second kappa shape index (κ2) is 7.48. The Labute approximate surface area is 173 Å². The van der Waals surface area contributed by atoms with Crippen LogP contribution in [-0.2, 0) is 18.4 Å². The predicted octanol–water partition coefficient (Wildman–Crippen LogP) is 4.48. The number of amides is 2. The van der Waals surface area contributed by atoms with Gasteiger partial charge in [0.1, 0.15) is 6.26 Å². The van der Waals surface area contributed by atoms with Crippen molar-refractivity contribution in [2.24, 2.45) is 0 Å². The molecule has 1 aliphatic heterocycles. The van der Waals surface area contributed by atoms with Crippen LogP contribution in [-0.4, -0.2) is 28.2 Å². The van der Waals surface area contributed by atoms with Crippen molar-refractivity contribution < 1.29 is 14.0 Å². The number of hydrogen-bond acceptors (Lipinski definition) is 5. The zero-order valence-electron chi connectivity index (χ0n) is 16.7. The highest BCUT2D eigenvalue weighted by atomic mass is 32.1. The van der Waals surface area contributed by atoms with Gasteiger partial charge < -0.3 is 9.32 Å². The predicted molar refractivity (Wildman–Crippen MR) is 112 cm³/mol. The van der Waals surface area contributed by atoms with Gasteiger partial charge in [0.25, 0.3) is 11.8 Å². The summed E-state index contributed by atoms with van der Waals surface area (Å²) in [6.07, 6.45) is 3.53. The molecule has 3 aromatic rings. The van der Waals surface area contributed by atoms with Crippen LogP contribution in [0.5, 0.6) is 0 Å². The second-order valence-electron chi connectivity index (χ2n) is 8.16. The summed E-state index contributed by atoms with van der Waals surface area (Å²) >= 11 is 1.42. The Bertz CT molecular complexity index is 1030. The minimum absolute atomic E-state index is 0.0218. The number of furan rings is 1. The molecule has 150 valence electrons. The number of aromatic nitrogens is 1. The molecule has 0 bridgehead atoms. The lowest BCUT2D eigenvalue weighted by molar-refractivity contribution is 0.0736. The van der Waals surface area contributed by atoms with Gasteiger partial charge in [-0.25, -0.2) is 4.98 Å².